The highest BCUT2D eigenvalue weighted by atomic mass is 32.2. The number of hydrogen-bond donors (Lipinski definition) is 1. The first kappa shape index (κ1) is 15.5. The standard InChI is InChI=1S/C16H18N2O2S/c1-2-9-21-10-8-18-12-15(19)17-14(16(18)20)11-13-6-4-3-5-7-13/h1,3-7,14H,8-12H2,(H,17,19). The van der Waals surface area contributed by atoms with E-state index in [1.807, 2.05) is 30.3 Å². The molecule has 4 nitrogen and oxygen atoms in total. The molecule has 110 valence electrons. The molecule has 0 aromatic heterocycles. The highest BCUT2D eigenvalue weighted by Gasteiger charge is 2.32. The van der Waals surface area contributed by atoms with Crippen molar-refractivity contribution in [3.63, 3.8) is 0 Å². The molecular weight excluding hydrogens is 284 g/mol. The number of amides is 2. The van der Waals surface area contributed by atoms with Gasteiger partial charge in [0, 0.05) is 18.7 Å². The van der Waals surface area contributed by atoms with Gasteiger partial charge < -0.3 is 10.2 Å². The molecule has 1 unspecified atom stereocenters. The zero-order chi connectivity index (χ0) is 15.1. The van der Waals surface area contributed by atoms with Crippen LogP contribution in [0.4, 0.5) is 0 Å². The highest BCUT2D eigenvalue weighted by molar-refractivity contribution is 7.99. The average Bonchev–Trinajstić information content (AvgIpc) is 2.49. The molecule has 1 fully saturated rings. The molecule has 1 saturated heterocycles. The van der Waals surface area contributed by atoms with Gasteiger partial charge in [0.2, 0.25) is 11.8 Å². The summed E-state index contributed by atoms with van der Waals surface area (Å²) in [4.78, 5) is 25.8. The van der Waals surface area contributed by atoms with Crippen molar-refractivity contribution < 1.29 is 9.59 Å². The lowest BCUT2D eigenvalue weighted by molar-refractivity contribution is -0.143. The van der Waals surface area contributed by atoms with E-state index < -0.39 is 6.04 Å². The third-order valence-electron chi connectivity index (χ3n) is 3.25. The van der Waals surface area contributed by atoms with E-state index in [4.69, 9.17) is 6.42 Å². The Labute approximate surface area is 129 Å². The summed E-state index contributed by atoms with van der Waals surface area (Å²) < 4.78 is 0. The van der Waals surface area contributed by atoms with E-state index in [1.165, 1.54) is 0 Å². The van der Waals surface area contributed by atoms with Crippen molar-refractivity contribution >= 4 is 23.6 Å². The summed E-state index contributed by atoms with van der Waals surface area (Å²) in [7, 11) is 0. The number of thioether (sulfide) groups is 1. The van der Waals surface area contributed by atoms with Crippen molar-refractivity contribution in [2.75, 3.05) is 24.6 Å². The van der Waals surface area contributed by atoms with Gasteiger partial charge in [-0.3, -0.25) is 9.59 Å². The average molecular weight is 302 g/mol. The molecule has 1 atom stereocenters. The molecule has 0 saturated carbocycles. The Balaban J connectivity index is 1.94. The Bertz CT molecular complexity index is 539. The molecule has 0 bridgehead atoms. The van der Waals surface area contributed by atoms with Crippen molar-refractivity contribution in [1.82, 2.24) is 10.2 Å². The van der Waals surface area contributed by atoms with E-state index in [0.29, 0.717) is 18.7 Å². The van der Waals surface area contributed by atoms with Crippen LogP contribution in [-0.4, -0.2) is 47.4 Å². The molecule has 0 aliphatic carbocycles. The summed E-state index contributed by atoms with van der Waals surface area (Å²) in [5, 5.41) is 2.78. The molecule has 1 aromatic carbocycles. The number of carbonyl (C=O) groups is 2. The number of nitrogens with one attached hydrogen (secondary N) is 1. The molecule has 5 heteroatoms. The van der Waals surface area contributed by atoms with Gasteiger partial charge in [0.25, 0.3) is 0 Å². The number of nitrogens with zero attached hydrogens (tertiary/aromatic N) is 1. The summed E-state index contributed by atoms with van der Waals surface area (Å²) in [5.41, 5.74) is 1.04. The fourth-order valence-corrected chi connectivity index (χ4v) is 2.87. The van der Waals surface area contributed by atoms with Gasteiger partial charge >= 0.3 is 0 Å². The van der Waals surface area contributed by atoms with Crippen molar-refractivity contribution in [2.24, 2.45) is 0 Å². The molecule has 1 aliphatic heterocycles. The molecule has 2 rings (SSSR count). The third kappa shape index (κ3) is 4.54. The maximum atomic E-state index is 12.4. The molecule has 1 aromatic rings. The number of carbonyl (C=O) groups excluding carboxylic acids is 2. The lowest BCUT2D eigenvalue weighted by Gasteiger charge is -2.32. The second-order valence-electron chi connectivity index (χ2n) is 4.83. The quantitative estimate of drug-likeness (QED) is 0.628. The largest absolute Gasteiger partial charge is 0.342 e. The molecule has 1 N–H and O–H groups in total. The zero-order valence-corrected chi connectivity index (χ0v) is 12.6. The van der Waals surface area contributed by atoms with Crippen LogP contribution >= 0.6 is 11.8 Å². The van der Waals surface area contributed by atoms with Crippen molar-refractivity contribution in [2.45, 2.75) is 12.5 Å². The van der Waals surface area contributed by atoms with Crippen molar-refractivity contribution in [3.05, 3.63) is 35.9 Å². The van der Waals surface area contributed by atoms with Crippen LogP contribution < -0.4 is 5.32 Å². The Morgan fingerprint density at radius 1 is 1.33 bits per heavy atom. The fraction of sp³-hybridized carbons (Fsp3) is 0.375. The van der Waals surface area contributed by atoms with Crippen LogP contribution in [0.2, 0.25) is 0 Å². The van der Waals surface area contributed by atoms with Gasteiger partial charge in [-0.2, -0.15) is 0 Å². The Hall–Kier alpha value is -1.93. The van der Waals surface area contributed by atoms with Crippen LogP contribution in [-0.2, 0) is 16.0 Å². The lowest BCUT2D eigenvalue weighted by atomic mass is 10.0. The van der Waals surface area contributed by atoms with Crippen LogP contribution in [0.15, 0.2) is 30.3 Å². The first-order valence-corrected chi connectivity index (χ1v) is 7.99. The molecule has 0 spiro atoms. The monoisotopic (exact) mass is 302 g/mol. The number of rotatable bonds is 6. The van der Waals surface area contributed by atoms with E-state index in [0.717, 1.165) is 11.3 Å². The first-order valence-electron chi connectivity index (χ1n) is 6.84. The van der Waals surface area contributed by atoms with Crippen LogP contribution in [0.5, 0.6) is 0 Å². The minimum Gasteiger partial charge on any atom is -0.342 e. The fourth-order valence-electron chi connectivity index (χ4n) is 2.26. The summed E-state index contributed by atoms with van der Waals surface area (Å²) in [5.74, 6) is 3.81. The number of hydrogen-bond acceptors (Lipinski definition) is 3. The van der Waals surface area contributed by atoms with E-state index in [-0.39, 0.29) is 18.4 Å². The third-order valence-corrected chi connectivity index (χ3v) is 4.10. The second kappa shape index (κ2) is 7.75. The normalized spacial score (nSPS) is 18.2. The molecule has 2 amide bonds. The van der Waals surface area contributed by atoms with Gasteiger partial charge in [-0.1, -0.05) is 36.3 Å². The number of piperazine rings is 1. The first-order chi connectivity index (χ1) is 10.2. The summed E-state index contributed by atoms with van der Waals surface area (Å²) in [6.07, 6.45) is 5.72. The molecular formula is C16H18N2O2S. The molecule has 1 aliphatic rings. The Morgan fingerprint density at radius 3 is 2.81 bits per heavy atom. The lowest BCUT2D eigenvalue weighted by Crippen LogP contribution is -2.59. The zero-order valence-electron chi connectivity index (χ0n) is 11.7. The summed E-state index contributed by atoms with van der Waals surface area (Å²) in [6.45, 7) is 0.699. The van der Waals surface area contributed by atoms with Gasteiger partial charge in [0.1, 0.15) is 6.04 Å². The van der Waals surface area contributed by atoms with E-state index in [1.54, 1.807) is 16.7 Å². The van der Waals surface area contributed by atoms with Crippen molar-refractivity contribution in [1.29, 1.82) is 0 Å². The number of benzene rings is 1. The van der Waals surface area contributed by atoms with Gasteiger partial charge in [-0.05, 0) is 5.56 Å². The predicted molar refractivity (Wildman–Crippen MR) is 84.8 cm³/mol. The van der Waals surface area contributed by atoms with E-state index >= 15 is 0 Å². The maximum absolute atomic E-state index is 12.4. The topological polar surface area (TPSA) is 49.4 Å². The van der Waals surface area contributed by atoms with Crippen LogP contribution in [0.3, 0.4) is 0 Å². The molecule has 1 heterocycles. The summed E-state index contributed by atoms with van der Waals surface area (Å²) in [6, 6.07) is 9.24. The molecule has 21 heavy (non-hydrogen) atoms. The van der Waals surface area contributed by atoms with Gasteiger partial charge in [0.05, 0.1) is 12.3 Å². The highest BCUT2D eigenvalue weighted by Crippen LogP contribution is 2.10. The van der Waals surface area contributed by atoms with E-state index in [2.05, 4.69) is 11.2 Å². The smallest absolute Gasteiger partial charge is 0.245 e. The Morgan fingerprint density at radius 2 is 2.10 bits per heavy atom. The van der Waals surface area contributed by atoms with Crippen LogP contribution in [0, 0.1) is 12.3 Å². The maximum Gasteiger partial charge on any atom is 0.245 e. The second-order valence-corrected chi connectivity index (χ2v) is 5.93. The van der Waals surface area contributed by atoms with Gasteiger partial charge in [-0.25, -0.2) is 0 Å². The van der Waals surface area contributed by atoms with E-state index in [9.17, 15) is 9.59 Å². The summed E-state index contributed by atoms with van der Waals surface area (Å²) >= 11 is 1.59. The number of terminal acetylenes is 1. The predicted octanol–water partition coefficient (Wildman–Crippen LogP) is 0.922. The van der Waals surface area contributed by atoms with Crippen LogP contribution in [0.1, 0.15) is 5.56 Å². The van der Waals surface area contributed by atoms with Gasteiger partial charge in [-0.15, -0.1) is 18.2 Å². The SMILES string of the molecule is C#CCSCCN1CC(=O)NC(Cc2ccccc2)C1=O. The van der Waals surface area contributed by atoms with Crippen LogP contribution in [0.25, 0.3) is 0 Å². The van der Waals surface area contributed by atoms with Gasteiger partial charge in [0.15, 0.2) is 0 Å². The van der Waals surface area contributed by atoms with Crippen molar-refractivity contribution in [3.8, 4) is 12.3 Å². The molecule has 0 radical (unpaired) electrons. The Kier molecular flexibility index (Phi) is 5.70. The minimum absolute atomic E-state index is 0.0141. The minimum atomic E-state index is -0.466.